The third kappa shape index (κ3) is 5.78. The van der Waals surface area contributed by atoms with E-state index in [-0.39, 0.29) is 29.1 Å². The summed E-state index contributed by atoms with van der Waals surface area (Å²) in [5.41, 5.74) is 0.465. The molecule has 2 heterocycles. The summed E-state index contributed by atoms with van der Waals surface area (Å²) in [5.74, 6) is 0.593. The summed E-state index contributed by atoms with van der Waals surface area (Å²) in [7, 11) is 0. The van der Waals surface area contributed by atoms with Crippen molar-refractivity contribution in [3.63, 3.8) is 0 Å². The lowest BCUT2D eigenvalue weighted by molar-refractivity contribution is -0.141. The second-order valence-electron chi connectivity index (χ2n) is 11.5. The zero-order chi connectivity index (χ0) is 24.3. The summed E-state index contributed by atoms with van der Waals surface area (Å²) < 4.78 is 5.40. The van der Waals surface area contributed by atoms with Gasteiger partial charge in [-0.25, -0.2) is 0 Å². The van der Waals surface area contributed by atoms with E-state index < -0.39 is 6.10 Å². The van der Waals surface area contributed by atoms with Crippen molar-refractivity contribution < 1.29 is 14.6 Å². The van der Waals surface area contributed by atoms with Crippen LogP contribution in [0.25, 0.3) is 0 Å². The highest BCUT2D eigenvalue weighted by Crippen LogP contribution is 2.58. The van der Waals surface area contributed by atoms with Gasteiger partial charge in [0.15, 0.2) is 0 Å². The topological polar surface area (TPSA) is 85.9 Å². The summed E-state index contributed by atoms with van der Waals surface area (Å²) in [6.45, 7) is 15.0. The molecule has 2 saturated carbocycles. The molecule has 7 nitrogen and oxygen atoms in total. The van der Waals surface area contributed by atoms with Crippen LogP contribution in [0.5, 0.6) is 0 Å². The van der Waals surface area contributed by atoms with E-state index in [0.29, 0.717) is 29.3 Å². The van der Waals surface area contributed by atoms with Crippen LogP contribution < -0.4 is 16.0 Å². The Morgan fingerprint density at radius 3 is 2.82 bits per heavy atom. The van der Waals surface area contributed by atoms with Gasteiger partial charge in [-0.15, -0.1) is 11.8 Å². The third-order valence-electron chi connectivity index (χ3n) is 9.26. The Morgan fingerprint density at radius 1 is 1.32 bits per heavy atom. The van der Waals surface area contributed by atoms with Crippen LogP contribution in [-0.4, -0.2) is 84.7 Å². The fraction of sp³-hybridized carbons (Fsp3) is 0.962. The SMILES string of the molecule is CCCCNC1NC2C(C[C@@]3(C)CC[C@@H]([C@H](C)C(=O)NCCN4CCOCC4)[C@H](O)[C@H]3[C@@H]2C)S1. The predicted octanol–water partition coefficient (Wildman–Crippen LogP) is 2.25. The van der Waals surface area contributed by atoms with E-state index in [0.717, 1.165) is 58.7 Å². The van der Waals surface area contributed by atoms with Crippen LogP contribution in [0.3, 0.4) is 0 Å². The van der Waals surface area contributed by atoms with E-state index in [9.17, 15) is 9.90 Å². The minimum absolute atomic E-state index is 0.0352. The number of hydrogen-bond donors (Lipinski definition) is 4. The fourth-order valence-corrected chi connectivity index (χ4v) is 8.98. The molecule has 4 rings (SSSR count). The zero-order valence-electron chi connectivity index (χ0n) is 21.7. The average molecular weight is 497 g/mol. The molecule has 0 aromatic rings. The molecule has 0 bridgehead atoms. The van der Waals surface area contributed by atoms with Crippen molar-refractivity contribution in [3.05, 3.63) is 0 Å². The molecule has 2 aliphatic carbocycles. The second-order valence-corrected chi connectivity index (χ2v) is 12.9. The molecular weight excluding hydrogens is 448 g/mol. The Labute approximate surface area is 210 Å². The van der Waals surface area contributed by atoms with E-state index >= 15 is 0 Å². The first kappa shape index (κ1) is 26.7. The van der Waals surface area contributed by atoms with E-state index in [1.807, 2.05) is 6.92 Å². The monoisotopic (exact) mass is 496 g/mol. The lowest BCUT2D eigenvalue weighted by Gasteiger charge is -2.57. The first-order chi connectivity index (χ1) is 16.3. The van der Waals surface area contributed by atoms with Gasteiger partial charge in [-0.2, -0.15) is 0 Å². The van der Waals surface area contributed by atoms with Gasteiger partial charge < -0.3 is 15.2 Å². The van der Waals surface area contributed by atoms with Gasteiger partial charge in [-0.3, -0.25) is 20.3 Å². The summed E-state index contributed by atoms with van der Waals surface area (Å²) in [4.78, 5) is 15.4. The van der Waals surface area contributed by atoms with Crippen molar-refractivity contribution in [2.24, 2.45) is 29.1 Å². The van der Waals surface area contributed by atoms with Gasteiger partial charge in [0.25, 0.3) is 0 Å². The first-order valence-corrected chi connectivity index (χ1v) is 14.7. The van der Waals surface area contributed by atoms with Gasteiger partial charge >= 0.3 is 0 Å². The van der Waals surface area contributed by atoms with Gasteiger partial charge in [0.2, 0.25) is 5.91 Å². The number of unbranched alkanes of at least 4 members (excludes halogenated alkanes) is 1. The third-order valence-corrected chi connectivity index (χ3v) is 10.6. The lowest BCUT2D eigenvalue weighted by atomic mass is 9.51. The Balaban J connectivity index is 1.33. The molecule has 2 aliphatic heterocycles. The summed E-state index contributed by atoms with van der Waals surface area (Å²) in [5, 5.41) is 22.9. The molecular formula is C26H48N4O3S. The van der Waals surface area contributed by atoms with Gasteiger partial charge in [-0.05, 0) is 55.4 Å². The fourth-order valence-electron chi connectivity index (χ4n) is 7.21. The van der Waals surface area contributed by atoms with Crippen LogP contribution in [0.2, 0.25) is 0 Å². The number of aliphatic hydroxyl groups excluding tert-OH is 1. The maximum atomic E-state index is 13.0. The number of ether oxygens (including phenoxy) is 1. The first-order valence-electron chi connectivity index (χ1n) is 13.7. The molecule has 0 spiro atoms. The van der Waals surface area contributed by atoms with Crippen molar-refractivity contribution in [2.45, 2.75) is 82.7 Å². The number of amides is 1. The molecule has 0 aromatic heterocycles. The molecule has 8 heteroatoms. The van der Waals surface area contributed by atoms with Crippen molar-refractivity contribution in [1.82, 2.24) is 20.9 Å². The molecule has 0 radical (unpaired) electrons. The van der Waals surface area contributed by atoms with Crippen molar-refractivity contribution >= 4 is 17.7 Å². The average Bonchev–Trinajstić information content (AvgIpc) is 3.22. The van der Waals surface area contributed by atoms with Gasteiger partial charge in [0, 0.05) is 43.4 Å². The van der Waals surface area contributed by atoms with Crippen LogP contribution in [0.1, 0.15) is 59.8 Å². The molecule has 196 valence electrons. The van der Waals surface area contributed by atoms with E-state index in [1.165, 1.54) is 12.8 Å². The van der Waals surface area contributed by atoms with Crippen molar-refractivity contribution in [3.8, 4) is 0 Å². The number of rotatable bonds is 9. The predicted molar refractivity (Wildman–Crippen MR) is 139 cm³/mol. The molecule has 34 heavy (non-hydrogen) atoms. The zero-order valence-corrected chi connectivity index (χ0v) is 22.5. The van der Waals surface area contributed by atoms with Crippen LogP contribution in [0.4, 0.5) is 0 Å². The number of carbonyl (C=O) groups is 1. The molecule has 0 aromatic carbocycles. The minimum atomic E-state index is -0.423. The number of nitrogens with zero attached hydrogens (tertiary/aromatic N) is 1. The normalized spacial score (nSPS) is 41.5. The number of hydrogen-bond acceptors (Lipinski definition) is 7. The smallest absolute Gasteiger partial charge is 0.223 e. The number of nitrogens with one attached hydrogen (secondary N) is 3. The van der Waals surface area contributed by atoms with E-state index in [2.05, 4.69) is 53.4 Å². The van der Waals surface area contributed by atoms with E-state index in [4.69, 9.17) is 4.74 Å². The van der Waals surface area contributed by atoms with Crippen molar-refractivity contribution in [1.29, 1.82) is 0 Å². The quantitative estimate of drug-likeness (QED) is 0.364. The number of fused-ring (bicyclic) bond motifs is 2. The summed E-state index contributed by atoms with van der Waals surface area (Å²) in [6.07, 6.45) is 5.19. The van der Waals surface area contributed by atoms with Gasteiger partial charge in [-0.1, -0.05) is 34.1 Å². The highest BCUT2D eigenvalue weighted by Gasteiger charge is 2.58. The number of aliphatic hydroxyl groups is 1. The second kappa shape index (κ2) is 11.8. The van der Waals surface area contributed by atoms with Crippen LogP contribution in [0.15, 0.2) is 0 Å². The highest BCUT2D eigenvalue weighted by atomic mass is 32.2. The Kier molecular flexibility index (Phi) is 9.24. The molecule has 4 aliphatic rings. The Hall–Kier alpha value is -0.380. The van der Waals surface area contributed by atoms with Crippen LogP contribution in [-0.2, 0) is 9.53 Å². The molecule has 4 N–H and O–H groups in total. The lowest BCUT2D eigenvalue weighted by Crippen LogP contribution is -2.60. The Morgan fingerprint density at radius 2 is 2.09 bits per heavy atom. The highest BCUT2D eigenvalue weighted by molar-refractivity contribution is 8.00. The maximum absolute atomic E-state index is 13.0. The van der Waals surface area contributed by atoms with Crippen LogP contribution in [0, 0.1) is 29.1 Å². The number of carbonyl (C=O) groups excluding carboxylic acids is 1. The molecule has 1 amide bonds. The van der Waals surface area contributed by atoms with Crippen LogP contribution >= 0.6 is 11.8 Å². The molecule has 4 fully saturated rings. The van der Waals surface area contributed by atoms with Crippen molar-refractivity contribution in [2.75, 3.05) is 45.9 Å². The largest absolute Gasteiger partial charge is 0.392 e. The standard InChI is InChI=1S/C26H48N4O3S/c1-5-6-9-28-25-29-22-18(3)21-23(31)19(7-8-26(21,4)16-20(22)34-25)17(2)24(32)27-10-11-30-12-14-33-15-13-30/h17-23,25,28-29,31H,5-16H2,1-4H3,(H,27,32)/t17-,18-,19-,20?,21+,22?,23-,25?,26+/m0/s1. The maximum Gasteiger partial charge on any atom is 0.223 e. The van der Waals surface area contributed by atoms with Gasteiger partial charge in [0.05, 0.1) is 19.3 Å². The summed E-state index contributed by atoms with van der Waals surface area (Å²) >= 11 is 2.06. The summed E-state index contributed by atoms with van der Waals surface area (Å²) in [6, 6.07) is 0.424. The molecule has 3 unspecified atom stereocenters. The van der Waals surface area contributed by atoms with Gasteiger partial charge in [0.1, 0.15) is 5.50 Å². The Bertz CT molecular complexity index is 678. The molecule has 9 atom stereocenters. The number of morpholine rings is 1. The molecule has 2 saturated heterocycles. The number of thioether (sulfide) groups is 1. The minimum Gasteiger partial charge on any atom is -0.392 e. The van der Waals surface area contributed by atoms with E-state index in [1.54, 1.807) is 0 Å².